The molecule has 0 aliphatic carbocycles. The first-order valence-corrected chi connectivity index (χ1v) is 7.52. The van der Waals surface area contributed by atoms with E-state index in [4.69, 9.17) is 4.74 Å². The normalized spacial score (nSPS) is 10.2. The molecule has 0 fully saturated rings. The number of hydrogen-bond acceptors (Lipinski definition) is 2. The molecule has 116 valence electrons. The van der Waals surface area contributed by atoms with Gasteiger partial charge >= 0.3 is 6.03 Å². The fourth-order valence-electron chi connectivity index (χ4n) is 1.98. The smallest absolute Gasteiger partial charge is 0.315 e. The highest BCUT2D eigenvalue weighted by molar-refractivity contribution is 5.73. The van der Waals surface area contributed by atoms with Crippen LogP contribution in [0.15, 0.2) is 60.7 Å². The molecule has 4 heteroatoms. The van der Waals surface area contributed by atoms with Crippen LogP contribution < -0.4 is 10.6 Å². The van der Waals surface area contributed by atoms with Crippen molar-refractivity contribution < 1.29 is 9.53 Å². The second kappa shape index (κ2) is 9.58. The molecule has 0 saturated heterocycles. The summed E-state index contributed by atoms with van der Waals surface area (Å²) in [5, 5.41) is 5.65. The summed E-state index contributed by atoms with van der Waals surface area (Å²) < 4.78 is 5.56. The second-order valence-electron chi connectivity index (χ2n) is 4.99. The van der Waals surface area contributed by atoms with Crippen LogP contribution in [0.1, 0.15) is 17.5 Å². The molecule has 0 radical (unpaired) electrons. The summed E-state index contributed by atoms with van der Waals surface area (Å²) in [4.78, 5) is 11.6. The van der Waals surface area contributed by atoms with Gasteiger partial charge in [-0.25, -0.2) is 4.79 Å². The SMILES string of the molecule is O=C(NCCCOCc1ccccc1)NCc1ccccc1. The molecule has 22 heavy (non-hydrogen) atoms. The van der Waals surface area contributed by atoms with Gasteiger partial charge in [0, 0.05) is 19.7 Å². The maximum atomic E-state index is 11.6. The Kier molecular flexibility index (Phi) is 6.99. The van der Waals surface area contributed by atoms with Crippen molar-refractivity contribution in [3.63, 3.8) is 0 Å². The number of ether oxygens (including phenoxy) is 1. The van der Waals surface area contributed by atoms with Crippen LogP contribution >= 0.6 is 0 Å². The Morgan fingerprint density at radius 1 is 0.864 bits per heavy atom. The third kappa shape index (κ3) is 6.41. The number of carbonyl (C=O) groups is 1. The Hall–Kier alpha value is -2.33. The molecular weight excluding hydrogens is 276 g/mol. The second-order valence-corrected chi connectivity index (χ2v) is 4.99. The number of carbonyl (C=O) groups excluding carboxylic acids is 1. The van der Waals surface area contributed by atoms with Crippen molar-refractivity contribution in [1.29, 1.82) is 0 Å². The highest BCUT2D eigenvalue weighted by atomic mass is 16.5. The molecule has 0 heterocycles. The van der Waals surface area contributed by atoms with E-state index in [1.165, 1.54) is 0 Å². The van der Waals surface area contributed by atoms with Gasteiger partial charge < -0.3 is 15.4 Å². The summed E-state index contributed by atoms with van der Waals surface area (Å²) in [5.74, 6) is 0. The van der Waals surface area contributed by atoms with Crippen LogP contribution in [0.4, 0.5) is 4.79 Å². The maximum Gasteiger partial charge on any atom is 0.315 e. The summed E-state index contributed by atoms with van der Waals surface area (Å²) in [5.41, 5.74) is 2.25. The Labute approximate surface area is 131 Å². The Bertz CT molecular complexity index is 544. The fraction of sp³-hybridized carbons (Fsp3) is 0.278. The third-order valence-electron chi connectivity index (χ3n) is 3.16. The molecule has 0 saturated carbocycles. The van der Waals surface area contributed by atoms with Gasteiger partial charge in [-0.2, -0.15) is 0 Å². The first-order chi connectivity index (χ1) is 10.8. The minimum Gasteiger partial charge on any atom is -0.377 e. The highest BCUT2D eigenvalue weighted by Gasteiger charge is 1.99. The molecule has 0 bridgehead atoms. The van der Waals surface area contributed by atoms with Crippen molar-refractivity contribution in [1.82, 2.24) is 10.6 Å². The quantitative estimate of drug-likeness (QED) is 0.736. The minimum absolute atomic E-state index is 0.146. The van der Waals surface area contributed by atoms with Gasteiger partial charge in [0.25, 0.3) is 0 Å². The average Bonchev–Trinajstić information content (AvgIpc) is 2.58. The molecule has 2 rings (SSSR count). The van der Waals surface area contributed by atoms with Crippen LogP contribution in [0.3, 0.4) is 0 Å². The largest absolute Gasteiger partial charge is 0.377 e. The van der Waals surface area contributed by atoms with E-state index in [1.807, 2.05) is 60.7 Å². The first kappa shape index (κ1) is 16.0. The summed E-state index contributed by atoms with van der Waals surface area (Å²) in [7, 11) is 0. The van der Waals surface area contributed by atoms with E-state index in [9.17, 15) is 4.79 Å². The lowest BCUT2D eigenvalue weighted by Crippen LogP contribution is -2.35. The molecule has 0 aliphatic heterocycles. The van der Waals surface area contributed by atoms with Crippen molar-refractivity contribution in [2.75, 3.05) is 13.2 Å². The summed E-state index contributed by atoms with van der Waals surface area (Å²) in [6.45, 7) is 2.39. The Morgan fingerprint density at radius 3 is 2.18 bits per heavy atom. The number of benzene rings is 2. The molecule has 0 aliphatic rings. The van der Waals surface area contributed by atoms with Crippen molar-refractivity contribution in [3.05, 3.63) is 71.8 Å². The number of hydrogen-bond donors (Lipinski definition) is 2. The zero-order chi connectivity index (χ0) is 15.5. The van der Waals surface area contributed by atoms with Crippen molar-refractivity contribution >= 4 is 6.03 Å². The average molecular weight is 298 g/mol. The molecule has 0 unspecified atom stereocenters. The van der Waals surface area contributed by atoms with E-state index < -0.39 is 0 Å². The van der Waals surface area contributed by atoms with Gasteiger partial charge in [-0.15, -0.1) is 0 Å². The van der Waals surface area contributed by atoms with Crippen LogP contribution in [0, 0.1) is 0 Å². The van der Waals surface area contributed by atoms with E-state index in [1.54, 1.807) is 0 Å². The molecular formula is C18H22N2O2. The van der Waals surface area contributed by atoms with Gasteiger partial charge in [0.05, 0.1) is 6.61 Å². The van der Waals surface area contributed by atoms with Crippen molar-refractivity contribution in [2.45, 2.75) is 19.6 Å². The van der Waals surface area contributed by atoms with Gasteiger partial charge in [0.1, 0.15) is 0 Å². The predicted molar refractivity (Wildman–Crippen MR) is 87.4 cm³/mol. The van der Waals surface area contributed by atoms with E-state index in [0.29, 0.717) is 26.3 Å². The van der Waals surface area contributed by atoms with Gasteiger partial charge in [-0.1, -0.05) is 60.7 Å². The zero-order valence-corrected chi connectivity index (χ0v) is 12.6. The molecule has 0 spiro atoms. The van der Waals surface area contributed by atoms with Crippen LogP contribution in [0.25, 0.3) is 0 Å². The van der Waals surface area contributed by atoms with Crippen LogP contribution in [-0.2, 0) is 17.9 Å². The summed E-state index contributed by atoms with van der Waals surface area (Å²) in [6.07, 6.45) is 0.797. The number of urea groups is 1. The lowest BCUT2D eigenvalue weighted by atomic mass is 10.2. The predicted octanol–water partition coefficient (Wildman–Crippen LogP) is 3.09. The maximum absolute atomic E-state index is 11.6. The number of nitrogens with one attached hydrogen (secondary N) is 2. The zero-order valence-electron chi connectivity index (χ0n) is 12.6. The van der Waals surface area contributed by atoms with Gasteiger partial charge in [-0.05, 0) is 17.5 Å². The van der Waals surface area contributed by atoms with E-state index in [-0.39, 0.29) is 6.03 Å². The molecule has 0 aromatic heterocycles. The van der Waals surface area contributed by atoms with E-state index in [2.05, 4.69) is 10.6 Å². The van der Waals surface area contributed by atoms with Crippen LogP contribution in [0.5, 0.6) is 0 Å². The molecule has 2 amide bonds. The van der Waals surface area contributed by atoms with Crippen molar-refractivity contribution in [3.8, 4) is 0 Å². The Morgan fingerprint density at radius 2 is 1.50 bits per heavy atom. The summed E-state index contributed by atoms with van der Waals surface area (Å²) in [6, 6.07) is 19.7. The van der Waals surface area contributed by atoms with Gasteiger partial charge in [-0.3, -0.25) is 0 Å². The lowest BCUT2D eigenvalue weighted by molar-refractivity contribution is 0.118. The lowest BCUT2D eigenvalue weighted by Gasteiger charge is -2.08. The minimum atomic E-state index is -0.146. The van der Waals surface area contributed by atoms with Gasteiger partial charge in [0.15, 0.2) is 0 Å². The highest BCUT2D eigenvalue weighted by Crippen LogP contribution is 2.00. The standard InChI is InChI=1S/C18H22N2O2/c21-18(20-14-16-8-3-1-4-9-16)19-12-7-13-22-15-17-10-5-2-6-11-17/h1-6,8-11H,7,12-15H2,(H2,19,20,21). The third-order valence-corrected chi connectivity index (χ3v) is 3.16. The van der Waals surface area contributed by atoms with E-state index in [0.717, 1.165) is 17.5 Å². The summed E-state index contributed by atoms with van der Waals surface area (Å²) >= 11 is 0. The fourth-order valence-corrected chi connectivity index (χ4v) is 1.98. The topological polar surface area (TPSA) is 50.4 Å². The number of rotatable bonds is 8. The molecule has 4 nitrogen and oxygen atoms in total. The molecule has 2 N–H and O–H groups in total. The first-order valence-electron chi connectivity index (χ1n) is 7.52. The molecule has 2 aromatic carbocycles. The Balaban J connectivity index is 1.49. The number of amides is 2. The van der Waals surface area contributed by atoms with Crippen LogP contribution in [0.2, 0.25) is 0 Å². The van der Waals surface area contributed by atoms with Crippen molar-refractivity contribution in [2.24, 2.45) is 0 Å². The molecule has 2 aromatic rings. The monoisotopic (exact) mass is 298 g/mol. The van der Waals surface area contributed by atoms with E-state index >= 15 is 0 Å². The molecule has 0 atom stereocenters. The van der Waals surface area contributed by atoms with Crippen LogP contribution in [-0.4, -0.2) is 19.2 Å². The van der Waals surface area contributed by atoms with Gasteiger partial charge in [0.2, 0.25) is 0 Å².